The largest absolute Gasteiger partial charge is 0.276 e. The Morgan fingerprint density at radius 1 is 1.17 bits per heavy atom. The fourth-order valence-electron chi connectivity index (χ4n) is 3.09. The van der Waals surface area contributed by atoms with Crippen LogP contribution in [-0.4, -0.2) is 14.1 Å². The number of hydrazone groups is 1. The summed E-state index contributed by atoms with van der Waals surface area (Å²) in [5.74, 6) is 0.971. The summed E-state index contributed by atoms with van der Waals surface area (Å²) in [5, 5.41) is 4.23. The van der Waals surface area contributed by atoms with Gasteiger partial charge in [0.1, 0.15) is 0 Å². The minimum absolute atomic E-state index is 0.253. The summed E-state index contributed by atoms with van der Waals surface area (Å²) >= 11 is 0. The Kier molecular flexibility index (Phi) is 5.19. The molecule has 5 heteroatoms. The van der Waals surface area contributed by atoms with Gasteiger partial charge in [-0.2, -0.15) is 13.5 Å². The number of benzene rings is 1. The van der Waals surface area contributed by atoms with Crippen molar-refractivity contribution in [1.82, 2.24) is 4.83 Å². The van der Waals surface area contributed by atoms with Crippen LogP contribution in [0.25, 0.3) is 0 Å². The zero-order valence-electron chi connectivity index (χ0n) is 14.8. The van der Waals surface area contributed by atoms with Crippen LogP contribution < -0.4 is 4.83 Å². The lowest BCUT2D eigenvalue weighted by molar-refractivity contribution is 0.190. The molecule has 0 unspecified atom stereocenters. The quantitative estimate of drug-likeness (QED) is 0.844. The van der Waals surface area contributed by atoms with Crippen LogP contribution in [0.15, 0.2) is 34.3 Å². The summed E-state index contributed by atoms with van der Waals surface area (Å²) in [5.41, 5.74) is 2.28. The van der Waals surface area contributed by atoms with Crippen molar-refractivity contribution in [1.29, 1.82) is 0 Å². The Morgan fingerprint density at radius 3 is 2.30 bits per heavy atom. The highest BCUT2D eigenvalue weighted by atomic mass is 32.2. The Balaban J connectivity index is 2.07. The van der Waals surface area contributed by atoms with E-state index in [1.807, 2.05) is 6.92 Å². The van der Waals surface area contributed by atoms with Gasteiger partial charge in [0.2, 0.25) is 0 Å². The van der Waals surface area contributed by atoms with Crippen molar-refractivity contribution in [3.63, 3.8) is 0 Å². The topological polar surface area (TPSA) is 58.5 Å². The van der Waals surface area contributed by atoms with Crippen LogP contribution in [0, 0.1) is 24.2 Å². The van der Waals surface area contributed by atoms with Crippen molar-refractivity contribution in [2.75, 3.05) is 0 Å². The third-order valence-electron chi connectivity index (χ3n) is 4.82. The number of aryl methyl sites for hydroxylation is 1. The van der Waals surface area contributed by atoms with Crippen LogP contribution in [0.2, 0.25) is 0 Å². The van der Waals surface area contributed by atoms with Crippen LogP contribution in [0.3, 0.4) is 0 Å². The average Bonchev–Trinajstić information content (AvgIpc) is 2.45. The number of sulfonamides is 1. The van der Waals surface area contributed by atoms with E-state index >= 15 is 0 Å². The van der Waals surface area contributed by atoms with Gasteiger partial charge >= 0.3 is 0 Å². The summed E-state index contributed by atoms with van der Waals surface area (Å²) in [4.78, 5) is 2.66. The summed E-state index contributed by atoms with van der Waals surface area (Å²) in [6.45, 7) is 10.9. The molecule has 4 nitrogen and oxygen atoms in total. The first kappa shape index (κ1) is 18.0. The van der Waals surface area contributed by atoms with Gasteiger partial charge in [-0.1, -0.05) is 45.4 Å². The van der Waals surface area contributed by atoms with Gasteiger partial charge in [-0.05, 0) is 55.6 Å². The molecule has 1 aliphatic carbocycles. The first-order chi connectivity index (χ1) is 10.6. The van der Waals surface area contributed by atoms with Crippen molar-refractivity contribution in [3.8, 4) is 0 Å². The predicted octanol–water partition coefficient (Wildman–Crippen LogP) is 4.11. The van der Waals surface area contributed by atoms with E-state index in [2.05, 4.69) is 37.6 Å². The van der Waals surface area contributed by atoms with E-state index in [-0.39, 0.29) is 4.90 Å². The monoisotopic (exact) mass is 336 g/mol. The van der Waals surface area contributed by atoms with Crippen molar-refractivity contribution in [2.45, 2.75) is 58.8 Å². The van der Waals surface area contributed by atoms with Gasteiger partial charge in [-0.25, -0.2) is 4.83 Å². The standard InChI is InChI=1S/C18H28N2O2S/c1-13-6-9-16(10-7-13)23(21,22)20-19-17-11-8-15(12-14(17)2)18(3,4)5/h6-7,9-10,14-15,20H,8,11-12H2,1-5H3/b19-17+/t14-,15+/m0/s1. The first-order valence-electron chi connectivity index (χ1n) is 8.24. The zero-order chi connectivity index (χ0) is 17.3. The fraction of sp³-hybridized carbons (Fsp3) is 0.611. The number of hydrogen-bond acceptors (Lipinski definition) is 3. The fourth-order valence-corrected chi connectivity index (χ4v) is 3.93. The van der Waals surface area contributed by atoms with E-state index in [1.54, 1.807) is 24.3 Å². The molecule has 0 saturated heterocycles. The van der Waals surface area contributed by atoms with Crippen LogP contribution in [0.5, 0.6) is 0 Å². The molecule has 0 radical (unpaired) electrons. The predicted molar refractivity (Wildman–Crippen MR) is 94.9 cm³/mol. The molecule has 1 aromatic carbocycles. The van der Waals surface area contributed by atoms with Gasteiger partial charge in [0, 0.05) is 5.71 Å². The van der Waals surface area contributed by atoms with Crippen LogP contribution >= 0.6 is 0 Å². The lowest BCUT2D eigenvalue weighted by Crippen LogP contribution is -2.32. The molecule has 2 atom stereocenters. The van der Waals surface area contributed by atoms with Gasteiger partial charge < -0.3 is 0 Å². The molecule has 1 aromatic rings. The molecule has 1 fully saturated rings. The maximum Gasteiger partial charge on any atom is 0.276 e. The lowest BCUT2D eigenvalue weighted by atomic mass is 9.69. The van der Waals surface area contributed by atoms with E-state index in [1.165, 1.54) is 0 Å². The number of nitrogens with zero attached hydrogens (tertiary/aromatic N) is 1. The maximum absolute atomic E-state index is 12.3. The first-order valence-corrected chi connectivity index (χ1v) is 9.73. The summed E-state index contributed by atoms with van der Waals surface area (Å²) < 4.78 is 24.6. The average molecular weight is 337 g/mol. The van der Waals surface area contributed by atoms with Crippen molar-refractivity contribution >= 4 is 15.7 Å². The van der Waals surface area contributed by atoms with Gasteiger partial charge in [-0.15, -0.1) is 0 Å². The minimum atomic E-state index is -3.58. The Bertz CT molecular complexity index is 670. The molecule has 1 saturated carbocycles. The van der Waals surface area contributed by atoms with E-state index in [9.17, 15) is 8.42 Å². The minimum Gasteiger partial charge on any atom is -0.200 e. The Labute approximate surface area is 140 Å². The molecule has 2 rings (SSSR count). The number of hydrogen-bond donors (Lipinski definition) is 1. The molecule has 0 heterocycles. The molecule has 1 N–H and O–H groups in total. The smallest absolute Gasteiger partial charge is 0.200 e. The number of nitrogens with one attached hydrogen (secondary N) is 1. The lowest BCUT2D eigenvalue weighted by Gasteiger charge is -2.37. The highest BCUT2D eigenvalue weighted by molar-refractivity contribution is 7.89. The SMILES string of the molecule is Cc1ccc(S(=O)(=O)N/N=C2\CC[C@@H](C(C)(C)C)C[C@@H]2C)cc1. The van der Waals surface area contributed by atoms with Crippen LogP contribution in [-0.2, 0) is 10.0 Å². The second kappa shape index (κ2) is 6.63. The third-order valence-corrected chi connectivity index (χ3v) is 6.05. The van der Waals surface area contributed by atoms with Gasteiger partial charge in [-0.3, -0.25) is 0 Å². The summed E-state index contributed by atoms with van der Waals surface area (Å²) in [7, 11) is -3.58. The van der Waals surface area contributed by atoms with E-state index in [0.717, 1.165) is 30.5 Å². The molecule has 0 aromatic heterocycles. The number of rotatable bonds is 3. The second-order valence-corrected chi connectivity index (χ2v) is 9.41. The van der Waals surface area contributed by atoms with E-state index in [0.29, 0.717) is 17.3 Å². The van der Waals surface area contributed by atoms with Gasteiger partial charge in [0.05, 0.1) is 4.90 Å². The zero-order valence-corrected chi connectivity index (χ0v) is 15.6. The molecule has 1 aliphatic rings. The van der Waals surface area contributed by atoms with E-state index < -0.39 is 10.0 Å². The molecule has 0 aliphatic heterocycles. The Morgan fingerprint density at radius 2 is 1.78 bits per heavy atom. The van der Waals surface area contributed by atoms with Crippen molar-refractivity contribution < 1.29 is 8.42 Å². The summed E-state index contributed by atoms with van der Waals surface area (Å²) in [6.07, 6.45) is 2.99. The highest BCUT2D eigenvalue weighted by Crippen LogP contribution is 2.39. The molecule has 128 valence electrons. The molecule has 0 amide bonds. The Hall–Kier alpha value is -1.36. The molecular weight excluding hydrogens is 308 g/mol. The second-order valence-electron chi connectivity index (χ2n) is 7.75. The summed E-state index contributed by atoms with van der Waals surface area (Å²) in [6, 6.07) is 6.80. The van der Waals surface area contributed by atoms with Gasteiger partial charge in [0.15, 0.2) is 0 Å². The molecule has 23 heavy (non-hydrogen) atoms. The van der Waals surface area contributed by atoms with E-state index in [4.69, 9.17) is 0 Å². The van der Waals surface area contributed by atoms with Crippen LogP contribution in [0.4, 0.5) is 0 Å². The van der Waals surface area contributed by atoms with Gasteiger partial charge in [0.25, 0.3) is 10.0 Å². The highest BCUT2D eigenvalue weighted by Gasteiger charge is 2.32. The molecule has 0 spiro atoms. The van der Waals surface area contributed by atoms with Crippen molar-refractivity contribution in [2.24, 2.45) is 22.4 Å². The molecular formula is C18H28N2O2S. The van der Waals surface area contributed by atoms with Crippen LogP contribution in [0.1, 0.15) is 52.5 Å². The molecule has 0 bridgehead atoms. The third kappa shape index (κ3) is 4.56. The normalized spacial score (nSPS) is 24.7. The maximum atomic E-state index is 12.3. The van der Waals surface area contributed by atoms with Crippen molar-refractivity contribution in [3.05, 3.63) is 29.8 Å².